The predicted molar refractivity (Wildman–Crippen MR) is 93.1 cm³/mol. The number of carbonyl (C=O) groups excluding carboxylic acids is 1. The molecule has 2 aromatic carbocycles. The molecular formula is C17H15BrFNO3S. The van der Waals surface area contributed by atoms with E-state index in [2.05, 4.69) is 21.2 Å². The van der Waals surface area contributed by atoms with Crippen molar-refractivity contribution >= 4 is 37.4 Å². The third-order valence-electron chi connectivity index (χ3n) is 4.14. The van der Waals surface area contributed by atoms with Gasteiger partial charge in [0.05, 0.1) is 10.6 Å². The van der Waals surface area contributed by atoms with Gasteiger partial charge in [-0.3, -0.25) is 4.79 Å². The van der Waals surface area contributed by atoms with E-state index >= 15 is 0 Å². The van der Waals surface area contributed by atoms with Gasteiger partial charge < -0.3 is 5.32 Å². The molecular weight excluding hydrogens is 397 g/mol. The minimum atomic E-state index is -3.83. The number of hydrogen-bond donors (Lipinski definition) is 1. The van der Waals surface area contributed by atoms with Crippen LogP contribution in [-0.2, 0) is 14.6 Å². The van der Waals surface area contributed by atoms with Crippen LogP contribution < -0.4 is 5.32 Å². The lowest BCUT2D eigenvalue weighted by molar-refractivity contribution is -0.116. The molecule has 0 atom stereocenters. The molecule has 0 unspecified atom stereocenters. The zero-order valence-corrected chi connectivity index (χ0v) is 15.2. The maximum Gasteiger partial charge on any atom is 0.246 e. The van der Waals surface area contributed by atoms with Gasteiger partial charge in [-0.1, -0.05) is 33.6 Å². The van der Waals surface area contributed by atoms with Gasteiger partial charge in [-0.25, -0.2) is 12.8 Å². The van der Waals surface area contributed by atoms with Crippen molar-refractivity contribution in [2.75, 3.05) is 5.32 Å². The monoisotopic (exact) mass is 411 g/mol. The van der Waals surface area contributed by atoms with Gasteiger partial charge in [0.25, 0.3) is 0 Å². The number of anilines is 1. The molecule has 1 amide bonds. The Balaban J connectivity index is 1.90. The van der Waals surface area contributed by atoms with E-state index in [4.69, 9.17) is 0 Å². The van der Waals surface area contributed by atoms with Crippen LogP contribution in [0.3, 0.4) is 0 Å². The molecule has 126 valence electrons. The summed E-state index contributed by atoms with van der Waals surface area (Å²) in [6, 6.07) is 10.6. The van der Waals surface area contributed by atoms with Gasteiger partial charge >= 0.3 is 0 Å². The van der Waals surface area contributed by atoms with Crippen LogP contribution in [0.15, 0.2) is 51.8 Å². The predicted octanol–water partition coefficient (Wildman–Crippen LogP) is 3.84. The number of carbonyl (C=O) groups is 1. The lowest BCUT2D eigenvalue weighted by Crippen LogP contribution is -2.37. The van der Waals surface area contributed by atoms with Crippen LogP contribution in [0.25, 0.3) is 0 Å². The van der Waals surface area contributed by atoms with Gasteiger partial charge in [-0.15, -0.1) is 0 Å². The fourth-order valence-electron chi connectivity index (χ4n) is 2.50. The van der Waals surface area contributed by atoms with Crippen LogP contribution in [0.1, 0.15) is 18.4 Å². The topological polar surface area (TPSA) is 63.2 Å². The highest BCUT2D eigenvalue weighted by atomic mass is 79.9. The first-order valence-corrected chi connectivity index (χ1v) is 9.62. The number of amides is 1. The van der Waals surface area contributed by atoms with Gasteiger partial charge in [0.1, 0.15) is 5.82 Å². The molecule has 1 saturated carbocycles. The van der Waals surface area contributed by atoms with Crippen molar-refractivity contribution in [1.82, 2.24) is 0 Å². The molecule has 24 heavy (non-hydrogen) atoms. The van der Waals surface area contributed by atoms with Crippen molar-refractivity contribution in [3.8, 4) is 0 Å². The number of nitrogens with one attached hydrogen (secondary N) is 1. The van der Waals surface area contributed by atoms with E-state index in [0.717, 1.165) is 5.56 Å². The van der Waals surface area contributed by atoms with Crippen molar-refractivity contribution in [2.24, 2.45) is 0 Å². The van der Waals surface area contributed by atoms with Gasteiger partial charge in [0, 0.05) is 4.47 Å². The Bertz CT molecular complexity index is 906. The Kier molecular flexibility index (Phi) is 4.25. The first-order valence-electron chi connectivity index (χ1n) is 7.34. The normalized spacial score (nSPS) is 15.8. The molecule has 4 nitrogen and oxygen atoms in total. The molecule has 0 saturated heterocycles. The van der Waals surface area contributed by atoms with Crippen LogP contribution in [-0.4, -0.2) is 19.1 Å². The van der Waals surface area contributed by atoms with Crippen molar-refractivity contribution in [2.45, 2.75) is 29.4 Å². The average molecular weight is 412 g/mol. The number of rotatable bonds is 4. The summed E-state index contributed by atoms with van der Waals surface area (Å²) in [5.74, 6) is -1.31. The van der Waals surface area contributed by atoms with Gasteiger partial charge in [-0.2, -0.15) is 0 Å². The van der Waals surface area contributed by atoms with Crippen molar-refractivity contribution in [3.63, 3.8) is 0 Å². The third-order valence-corrected chi connectivity index (χ3v) is 7.15. The SMILES string of the molecule is Cc1ccc(S(=O)(=O)C2(C(=O)Nc3ccc(Br)cc3F)CC2)cc1. The highest BCUT2D eigenvalue weighted by Crippen LogP contribution is 2.47. The molecule has 1 fully saturated rings. The molecule has 0 aromatic heterocycles. The molecule has 1 aliphatic rings. The summed E-state index contributed by atoms with van der Waals surface area (Å²) in [7, 11) is -3.83. The van der Waals surface area contributed by atoms with Crippen LogP contribution in [0.2, 0.25) is 0 Å². The number of hydrogen-bond acceptors (Lipinski definition) is 3. The highest BCUT2D eigenvalue weighted by Gasteiger charge is 2.61. The van der Waals surface area contributed by atoms with Gasteiger partial charge in [0.2, 0.25) is 5.91 Å². The molecule has 2 aromatic rings. The highest BCUT2D eigenvalue weighted by molar-refractivity contribution is 9.10. The van der Waals surface area contributed by atoms with E-state index in [1.54, 1.807) is 18.2 Å². The molecule has 1 N–H and O–H groups in total. The van der Waals surface area contributed by atoms with E-state index in [1.807, 2.05) is 6.92 Å². The number of halogens is 2. The van der Waals surface area contributed by atoms with Crippen LogP contribution >= 0.6 is 15.9 Å². The van der Waals surface area contributed by atoms with Crippen LogP contribution in [0, 0.1) is 12.7 Å². The zero-order valence-electron chi connectivity index (χ0n) is 12.8. The molecule has 0 radical (unpaired) electrons. The largest absolute Gasteiger partial charge is 0.322 e. The van der Waals surface area contributed by atoms with Crippen LogP contribution in [0.5, 0.6) is 0 Å². The second kappa shape index (κ2) is 5.97. The maximum absolute atomic E-state index is 13.9. The Labute approximate surface area is 148 Å². The van der Waals surface area contributed by atoms with E-state index in [9.17, 15) is 17.6 Å². The quantitative estimate of drug-likeness (QED) is 0.830. The minimum absolute atomic E-state index is 0.0337. The molecule has 0 heterocycles. The fraction of sp³-hybridized carbons (Fsp3) is 0.235. The number of benzene rings is 2. The molecule has 0 bridgehead atoms. The molecule has 0 spiro atoms. The van der Waals surface area contributed by atoms with E-state index in [-0.39, 0.29) is 23.4 Å². The van der Waals surface area contributed by atoms with Crippen molar-refractivity contribution in [1.29, 1.82) is 0 Å². The Morgan fingerprint density at radius 2 is 1.79 bits per heavy atom. The molecule has 7 heteroatoms. The molecule has 3 rings (SSSR count). The molecule has 0 aliphatic heterocycles. The Hall–Kier alpha value is -1.73. The first kappa shape index (κ1) is 17.1. The summed E-state index contributed by atoms with van der Waals surface area (Å²) in [5.41, 5.74) is 0.897. The minimum Gasteiger partial charge on any atom is -0.322 e. The summed E-state index contributed by atoms with van der Waals surface area (Å²) in [5, 5.41) is 2.41. The first-order chi connectivity index (χ1) is 11.3. The van der Waals surface area contributed by atoms with E-state index in [0.29, 0.717) is 4.47 Å². The summed E-state index contributed by atoms with van der Waals surface area (Å²) in [4.78, 5) is 12.7. The standard InChI is InChI=1S/C17H15BrFNO3S/c1-11-2-5-13(6-3-11)24(22,23)17(8-9-17)16(21)20-15-7-4-12(18)10-14(15)19/h2-7,10H,8-9H2,1H3,(H,20,21). The summed E-state index contributed by atoms with van der Waals surface area (Å²) < 4.78 is 38.6. The smallest absolute Gasteiger partial charge is 0.246 e. The fourth-order valence-corrected chi connectivity index (χ4v) is 4.71. The zero-order chi connectivity index (χ0) is 17.5. The molecule has 1 aliphatic carbocycles. The summed E-state index contributed by atoms with van der Waals surface area (Å²) in [6.07, 6.45) is 0.459. The van der Waals surface area contributed by atoms with Gasteiger partial charge in [0.15, 0.2) is 14.6 Å². The van der Waals surface area contributed by atoms with E-state index < -0.39 is 26.3 Å². The van der Waals surface area contributed by atoms with Gasteiger partial charge in [-0.05, 0) is 50.1 Å². The second-order valence-electron chi connectivity index (χ2n) is 5.89. The lowest BCUT2D eigenvalue weighted by Gasteiger charge is -2.17. The van der Waals surface area contributed by atoms with E-state index in [1.165, 1.54) is 24.3 Å². The number of aryl methyl sites for hydroxylation is 1. The Morgan fingerprint density at radius 1 is 1.17 bits per heavy atom. The summed E-state index contributed by atoms with van der Waals surface area (Å²) in [6.45, 7) is 1.85. The lowest BCUT2D eigenvalue weighted by atomic mass is 10.2. The summed E-state index contributed by atoms with van der Waals surface area (Å²) >= 11 is 3.13. The van der Waals surface area contributed by atoms with Crippen molar-refractivity contribution < 1.29 is 17.6 Å². The maximum atomic E-state index is 13.9. The average Bonchev–Trinajstić information content (AvgIpc) is 3.32. The Morgan fingerprint density at radius 3 is 2.33 bits per heavy atom. The number of sulfone groups is 1. The van der Waals surface area contributed by atoms with Crippen LogP contribution in [0.4, 0.5) is 10.1 Å². The second-order valence-corrected chi connectivity index (χ2v) is 9.06. The van der Waals surface area contributed by atoms with Crippen molar-refractivity contribution in [3.05, 3.63) is 58.3 Å². The third kappa shape index (κ3) is 2.86.